The summed E-state index contributed by atoms with van der Waals surface area (Å²) < 4.78 is 36.8. The van der Waals surface area contributed by atoms with Crippen LogP contribution in [0.3, 0.4) is 0 Å². The lowest BCUT2D eigenvalue weighted by Gasteiger charge is -2.15. The second-order valence-electron chi connectivity index (χ2n) is 4.14. The first-order valence-corrected chi connectivity index (χ1v) is 8.09. The molecule has 7 nitrogen and oxygen atoms in total. The minimum Gasteiger partial charge on any atom is -0.478 e. The van der Waals surface area contributed by atoms with E-state index in [1.54, 1.807) is 6.92 Å². The van der Waals surface area contributed by atoms with Gasteiger partial charge in [-0.15, -0.1) is 0 Å². The number of carboxylic acid groups (broad SMARTS) is 1. The maximum atomic E-state index is 12.2. The molecule has 0 atom stereocenters. The zero-order valence-corrected chi connectivity index (χ0v) is 14.1. The molecule has 0 amide bonds. The number of hydrogen-bond acceptors (Lipinski definition) is 5. The molecule has 0 aliphatic heterocycles. The zero-order chi connectivity index (χ0) is 16.2. The first-order valence-electron chi connectivity index (χ1n) is 5.81. The van der Waals surface area contributed by atoms with E-state index < -0.39 is 22.3 Å². The second kappa shape index (κ2) is 7.32. The molecule has 0 aliphatic carbocycles. The minimum atomic E-state index is -3.87. The van der Waals surface area contributed by atoms with Gasteiger partial charge in [-0.2, -0.15) is 0 Å². The van der Waals surface area contributed by atoms with Gasteiger partial charge in [-0.1, -0.05) is 15.9 Å². The molecule has 0 heterocycles. The van der Waals surface area contributed by atoms with Gasteiger partial charge in [0.2, 0.25) is 10.0 Å². The van der Waals surface area contributed by atoms with Crippen molar-refractivity contribution in [2.75, 3.05) is 20.8 Å². The monoisotopic (exact) mass is 381 g/mol. The van der Waals surface area contributed by atoms with Crippen molar-refractivity contribution in [2.24, 2.45) is 0 Å². The summed E-state index contributed by atoms with van der Waals surface area (Å²) in [6.45, 7) is 1.49. The number of ether oxygens (including phenoxy) is 2. The predicted octanol–water partition coefficient (Wildman–Crippen LogP) is 1.35. The van der Waals surface area contributed by atoms with Crippen LogP contribution in [-0.2, 0) is 19.5 Å². The van der Waals surface area contributed by atoms with Gasteiger partial charge in [0.05, 0.1) is 17.0 Å². The number of sulfonamides is 1. The van der Waals surface area contributed by atoms with Gasteiger partial charge >= 0.3 is 5.97 Å². The SMILES string of the molecule is COC(CNS(=O)(=O)c1cc(Br)c(C)c(C(=O)O)c1)OC. The number of hydrogen-bond donors (Lipinski definition) is 2. The number of carbonyl (C=O) groups is 1. The van der Waals surface area contributed by atoms with Crippen LogP contribution in [0, 0.1) is 6.92 Å². The van der Waals surface area contributed by atoms with Crippen LogP contribution in [0.4, 0.5) is 0 Å². The third-order valence-corrected chi connectivity index (χ3v) is 5.05. The smallest absolute Gasteiger partial charge is 0.336 e. The Hall–Kier alpha value is -1.00. The molecule has 0 saturated carbocycles. The normalized spacial score (nSPS) is 11.9. The number of rotatable bonds is 7. The molecule has 1 rings (SSSR count). The zero-order valence-electron chi connectivity index (χ0n) is 11.7. The maximum absolute atomic E-state index is 12.2. The minimum absolute atomic E-state index is 0.0835. The standard InChI is InChI=1S/C12H16BrNO6S/c1-7-9(12(15)16)4-8(5-10(7)13)21(17,18)14-6-11(19-2)20-3/h4-5,11,14H,6H2,1-3H3,(H,15,16). The summed E-state index contributed by atoms with van der Waals surface area (Å²) in [6.07, 6.45) is -0.729. The van der Waals surface area contributed by atoms with Crippen LogP contribution in [0.2, 0.25) is 0 Å². The molecule has 1 aromatic rings. The lowest BCUT2D eigenvalue weighted by Crippen LogP contribution is -2.34. The summed E-state index contributed by atoms with van der Waals surface area (Å²) in [6, 6.07) is 2.46. The fourth-order valence-electron chi connectivity index (χ4n) is 1.56. The molecule has 21 heavy (non-hydrogen) atoms. The van der Waals surface area contributed by atoms with Gasteiger partial charge in [-0.05, 0) is 24.6 Å². The Bertz CT molecular complexity index is 627. The summed E-state index contributed by atoms with van der Waals surface area (Å²) in [7, 11) is -1.11. The van der Waals surface area contributed by atoms with Crippen LogP contribution in [0.15, 0.2) is 21.5 Å². The summed E-state index contributed by atoms with van der Waals surface area (Å²) in [4.78, 5) is 11.0. The lowest BCUT2D eigenvalue weighted by atomic mass is 10.1. The van der Waals surface area contributed by atoms with E-state index in [9.17, 15) is 13.2 Å². The highest BCUT2D eigenvalue weighted by atomic mass is 79.9. The van der Waals surface area contributed by atoms with E-state index in [1.807, 2.05) is 0 Å². The number of halogens is 1. The lowest BCUT2D eigenvalue weighted by molar-refractivity contribution is -0.0960. The van der Waals surface area contributed by atoms with E-state index in [-0.39, 0.29) is 17.0 Å². The molecule has 0 fully saturated rings. The largest absolute Gasteiger partial charge is 0.478 e. The third-order valence-electron chi connectivity index (χ3n) is 2.82. The highest BCUT2D eigenvalue weighted by molar-refractivity contribution is 9.10. The maximum Gasteiger partial charge on any atom is 0.336 e. The van der Waals surface area contributed by atoms with Crippen LogP contribution in [0.25, 0.3) is 0 Å². The van der Waals surface area contributed by atoms with Crippen LogP contribution >= 0.6 is 15.9 Å². The number of nitrogens with one attached hydrogen (secondary N) is 1. The van der Waals surface area contributed by atoms with Crippen molar-refractivity contribution in [2.45, 2.75) is 18.1 Å². The van der Waals surface area contributed by atoms with Crippen molar-refractivity contribution >= 4 is 31.9 Å². The van der Waals surface area contributed by atoms with Crippen molar-refractivity contribution < 1.29 is 27.8 Å². The Morgan fingerprint density at radius 3 is 2.43 bits per heavy atom. The van der Waals surface area contributed by atoms with Gasteiger partial charge < -0.3 is 14.6 Å². The molecule has 0 unspecified atom stereocenters. The number of methoxy groups -OCH3 is 2. The Balaban J connectivity index is 3.12. The van der Waals surface area contributed by atoms with E-state index in [0.29, 0.717) is 10.0 Å². The fraction of sp³-hybridized carbons (Fsp3) is 0.417. The average molecular weight is 382 g/mol. The van der Waals surface area contributed by atoms with Crippen molar-refractivity contribution in [3.63, 3.8) is 0 Å². The van der Waals surface area contributed by atoms with E-state index in [4.69, 9.17) is 14.6 Å². The van der Waals surface area contributed by atoms with Gasteiger partial charge in [-0.3, -0.25) is 0 Å². The first-order chi connectivity index (χ1) is 9.72. The van der Waals surface area contributed by atoms with Crippen LogP contribution < -0.4 is 4.72 Å². The van der Waals surface area contributed by atoms with Crippen molar-refractivity contribution in [1.82, 2.24) is 4.72 Å². The number of aromatic carboxylic acids is 1. The third kappa shape index (κ3) is 4.48. The van der Waals surface area contributed by atoms with E-state index >= 15 is 0 Å². The van der Waals surface area contributed by atoms with Gasteiger partial charge in [0.1, 0.15) is 0 Å². The van der Waals surface area contributed by atoms with E-state index in [2.05, 4.69) is 20.7 Å². The van der Waals surface area contributed by atoms with Gasteiger partial charge in [-0.25, -0.2) is 17.9 Å². The molecule has 0 spiro atoms. The van der Waals surface area contributed by atoms with Crippen LogP contribution in [-0.4, -0.2) is 46.5 Å². The molecular weight excluding hydrogens is 366 g/mol. The average Bonchev–Trinajstić information content (AvgIpc) is 2.42. The highest BCUT2D eigenvalue weighted by Gasteiger charge is 2.21. The summed E-state index contributed by atoms with van der Waals surface area (Å²) in [5.74, 6) is -1.20. The number of carboxylic acids is 1. The molecule has 0 aromatic heterocycles. The van der Waals surface area contributed by atoms with Gasteiger partial charge in [0.15, 0.2) is 6.29 Å². The topological polar surface area (TPSA) is 102 Å². The molecule has 0 aliphatic rings. The van der Waals surface area contributed by atoms with Crippen molar-refractivity contribution in [1.29, 1.82) is 0 Å². The summed E-state index contributed by atoms with van der Waals surface area (Å²) in [5, 5.41) is 9.10. The molecule has 118 valence electrons. The molecular formula is C12H16BrNO6S. The molecule has 9 heteroatoms. The van der Waals surface area contributed by atoms with Crippen LogP contribution in [0.1, 0.15) is 15.9 Å². The Labute approximate surface area is 131 Å². The fourth-order valence-corrected chi connectivity index (χ4v) is 3.24. The Morgan fingerprint density at radius 2 is 1.95 bits per heavy atom. The Morgan fingerprint density at radius 1 is 1.38 bits per heavy atom. The van der Waals surface area contributed by atoms with Gasteiger partial charge in [0, 0.05) is 18.7 Å². The van der Waals surface area contributed by atoms with Crippen LogP contribution in [0.5, 0.6) is 0 Å². The predicted molar refractivity (Wildman–Crippen MR) is 78.8 cm³/mol. The van der Waals surface area contributed by atoms with E-state index in [0.717, 1.165) is 6.07 Å². The molecule has 2 N–H and O–H groups in total. The van der Waals surface area contributed by atoms with E-state index in [1.165, 1.54) is 20.3 Å². The summed E-state index contributed by atoms with van der Waals surface area (Å²) in [5.41, 5.74) is 0.368. The van der Waals surface area contributed by atoms with Crippen molar-refractivity contribution in [3.8, 4) is 0 Å². The Kier molecular flexibility index (Phi) is 6.29. The quantitative estimate of drug-likeness (QED) is 0.691. The molecule has 0 radical (unpaired) electrons. The van der Waals surface area contributed by atoms with Crippen molar-refractivity contribution in [3.05, 3.63) is 27.7 Å². The molecule has 0 saturated heterocycles. The van der Waals surface area contributed by atoms with Gasteiger partial charge in [0.25, 0.3) is 0 Å². The second-order valence-corrected chi connectivity index (χ2v) is 6.76. The highest BCUT2D eigenvalue weighted by Crippen LogP contribution is 2.25. The molecule has 1 aromatic carbocycles. The first kappa shape index (κ1) is 18.1. The summed E-state index contributed by atoms with van der Waals surface area (Å²) >= 11 is 3.16. The number of benzene rings is 1. The molecule has 0 bridgehead atoms.